The predicted molar refractivity (Wildman–Crippen MR) is 65.1 cm³/mol. The van der Waals surface area contributed by atoms with E-state index < -0.39 is 7.60 Å². The maximum atomic E-state index is 11.3. The Morgan fingerprint density at radius 3 is 2.79 bits per heavy atom. The van der Waals surface area contributed by atoms with E-state index in [9.17, 15) is 14.4 Å². The summed E-state index contributed by atoms with van der Waals surface area (Å²) < 4.78 is 12.6. The number of nitrogens with zero attached hydrogens (tertiary/aromatic N) is 5. The minimum Gasteiger partial charge on any atom is -0.321 e. The summed E-state index contributed by atoms with van der Waals surface area (Å²) in [5.74, 6) is 0.262. The number of hydrogen-bond donors (Lipinski definition) is 3. The quantitative estimate of drug-likeness (QED) is 0.447. The summed E-state index contributed by atoms with van der Waals surface area (Å²) >= 11 is 5.97. The van der Waals surface area contributed by atoms with E-state index >= 15 is 0 Å². The number of aromatic amines is 1. The molecule has 0 aliphatic rings. The maximum absolute atomic E-state index is 11.3. The zero-order chi connectivity index (χ0) is 13.6. The van der Waals surface area contributed by atoms with Gasteiger partial charge in [-0.05, 0) is 17.3 Å². The van der Waals surface area contributed by atoms with Crippen LogP contribution in [0, 0.1) is 0 Å². The number of H-pyrrole nitrogens is 1. The Morgan fingerprint density at radius 1 is 1.37 bits per heavy atom. The van der Waals surface area contributed by atoms with Crippen molar-refractivity contribution in [2.24, 2.45) is 0 Å². The molecule has 0 unspecified atom stereocenters. The maximum Gasteiger partial charge on any atom is 0.359 e. The van der Waals surface area contributed by atoms with Gasteiger partial charge in [0.15, 0.2) is 0 Å². The fourth-order valence-corrected chi connectivity index (χ4v) is 2.76. The summed E-state index contributed by atoms with van der Waals surface area (Å²) in [6.45, 7) is 0. The highest BCUT2D eigenvalue weighted by atomic mass is 35.5. The lowest BCUT2D eigenvalue weighted by molar-refractivity contribution is 0.387. The van der Waals surface area contributed by atoms with Crippen molar-refractivity contribution < 1.29 is 14.4 Å². The Kier molecular flexibility index (Phi) is 2.64. The Balaban J connectivity index is 2.25. The van der Waals surface area contributed by atoms with Gasteiger partial charge in [-0.3, -0.25) is 8.97 Å². The second-order valence-corrected chi connectivity index (χ2v) is 5.57. The highest BCUT2D eigenvalue weighted by Gasteiger charge is 2.23. The zero-order valence-electron chi connectivity index (χ0n) is 9.10. The van der Waals surface area contributed by atoms with Crippen LogP contribution >= 0.6 is 19.2 Å². The molecule has 0 aliphatic carbocycles. The second kappa shape index (κ2) is 4.10. The normalized spacial score (nSPS) is 12.2. The van der Waals surface area contributed by atoms with Crippen LogP contribution in [0.3, 0.4) is 0 Å². The van der Waals surface area contributed by atoms with Gasteiger partial charge in [0, 0.05) is 6.20 Å². The summed E-state index contributed by atoms with van der Waals surface area (Å²) in [6, 6.07) is 2.69. The van der Waals surface area contributed by atoms with E-state index in [2.05, 4.69) is 25.6 Å². The molecule has 0 radical (unpaired) electrons. The summed E-state index contributed by atoms with van der Waals surface area (Å²) in [4.78, 5) is 22.5. The lowest BCUT2D eigenvalue weighted by Crippen LogP contribution is -2.09. The monoisotopic (exact) mass is 300 g/mol. The van der Waals surface area contributed by atoms with Gasteiger partial charge in [-0.25, -0.2) is 4.98 Å². The van der Waals surface area contributed by atoms with Crippen LogP contribution in [0.15, 0.2) is 18.3 Å². The molecule has 3 rings (SSSR count). The van der Waals surface area contributed by atoms with Crippen molar-refractivity contribution in [3.8, 4) is 11.5 Å². The Labute approximate surface area is 110 Å². The highest BCUT2D eigenvalue weighted by Crippen LogP contribution is 2.36. The number of tetrazole rings is 1. The lowest BCUT2D eigenvalue weighted by Gasteiger charge is -2.07. The second-order valence-electron chi connectivity index (χ2n) is 3.64. The zero-order valence-corrected chi connectivity index (χ0v) is 10.7. The van der Waals surface area contributed by atoms with Crippen molar-refractivity contribution in [2.45, 2.75) is 0 Å². The standard InChI is InChI=1S/C8H6ClN6O3P/c9-7-5(19(16,17)18)1-2-6-10-4(3-15(6)7)8-11-13-14-12-8/h1-3H,(H2,16,17,18)(H,11,12,13,14). The first-order chi connectivity index (χ1) is 8.97. The predicted octanol–water partition coefficient (Wildman–Crippen LogP) is -0.0292. The molecule has 0 aromatic carbocycles. The van der Waals surface area contributed by atoms with Crippen LogP contribution in [0.4, 0.5) is 0 Å². The first-order valence-electron chi connectivity index (χ1n) is 4.94. The van der Waals surface area contributed by atoms with Gasteiger partial charge < -0.3 is 9.79 Å². The summed E-state index contributed by atoms with van der Waals surface area (Å²) in [6.07, 6.45) is 1.47. The van der Waals surface area contributed by atoms with E-state index in [1.54, 1.807) is 0 Å². The number of halogens is 1. The molecule has 3 N–H and O–H groups in total. The van der Waals surface area contributed by atoms with Gasteiger partial charge in [-0.15, -0.1) is 10.2 Å². The summed E-state index contributed by atoms with van der Waals surface area (Å²) in [7, 11) is -4.44. The van der Waals surface area contributed by atoms with Crippen LogP contribution < -0.4 is 5.30 Å². The lowest BCUT2D eigenvalue weighted by atomic mass is 10.5. The fraction of sp³-hybridized carbons (Fsp3) is 0. The molecule has 0 saturated carbocycles. The molecule has 0 fully saturated rings. The van der Waals surface area contributed by atoms with Gasteiger partial charge in [-0.1, -0.05) is 11.6 Å². The molecule has 11 heteroatoms. The van der Waals surface area contributed by atoms with Gasteiger partial charge in [0.05, 0.1) is 5.30 Å². The molecule has 9 nitrogen and oxygen atoms in total. The third-order valence-corrected chi connectivity index (χ3v) is 3.94. The number of fused-ring (bicyclic) bond motifs is 1. The van der Waals surface area contributed by atoms with Crippen molar-refractivity contribution in [2.75, 3.05) is 0 Å². The Hall–Kier alpha value is -1.80. The highest BCUT2D eigenvalue weighted by molar-refractivity contribution is 7.60. The van der Waals surface area contributed by atoms with Gasteiger partial charge in [-0.2, -0.15) is 5.21 Å². The molecule has 3 aromatic rings. The molecule has 0 atom stereocenters. The third-order valence-electron chi connectivity index (χ3n) is 2.43. The molecule has 0 bridgehead atoms. The van der Waals surface area contributed by atoms with Crippen LogP contribution in [-0.4, -0.2) is 39.8 Å². The average Bonchev–Trinajstić information content (AvgIpc) is 2.96. The first kappa shape index (κ1) is 12.2. The molecule has 0 aliphatic heterocycles. The topological polar surface area (TPSA) is 129 Å². The van der Waals surface area contributed by atoms with Gasteiger partial charge >= 0.3 is 7.60 Å². The number of imidazole rings is 1. The van der Waals surface area contributed by atoms with E-state index in [1.807, 2.05) is 0 Å². The fourth-order valence-electron chi connectivity index (χ4n) is 1.61. The number of aromatic nitrogens is 6. The SMILES string of the molecule is O=P(O)(O)c1ccc2nc(-c3nn[nH]n3)cn2c1Cl. The summed E-state index contributed by atoms with van der Waals surface area (Å²) in [5, 5.41) is 12.8. The van der Waals surface area contributed by atoms with E-state index in [1.165, 1.54) is 22.7 Å². The summed E-state index contributed by atoms with van der Waals surface area (Å²) in [5.41, 5.74) is 0.806. The number of rotatable bonds is 2. The van der Waals surface area contributed by atoms with Crippen LogP contribution in [0.1, 0.15) is 0 Å². The molecule has 3 heterocycles. The number of hydrogen-bond acceptors (Lipinski definition) is 5. The molecule has 0 spiro atoms. The minimum absolute atomic E-state index is 0.104. The minimum atomic E-state index is -4.44. The molecular formula is C8H6ClN6O3P. The van der Waals surface area contributed by atoms with Crippen molar-refractivity contribution in [3.05, 3.63) is 23.5 Å². The van der Waals surface area contributed by atoms with Crippen LogP contribution in [-0.2, 0) is 4.57 Å². The smallest absolute Gasteiger partial charge is 0.321 e. The van der Waals surface area contributed by atoms with Crippen molar-refractivity contribution in [1.29, 1.82) is 0 Å². The average molecular weight is 301 g/mol. The van der Waals surface area contributed by atoms with Crippen LogP contribution in [0.5, 0.6) is 0 Å². The van der Waals surface area contributed by atoms with E-state index in [0.29, 0.717) is 11.3 Å². The van der Waals surface area contributed by atoms with Crippen molar-refractivity contribution >= 4 is 30.1 Å². The van der Waals surface area contributed by atoms with Crippen molar-refractivity contribution in [1.82, 2.24) is 30.0 Å². The van der Waals surface area contributed by atoms with E-state index in [4.69, 9.17) is 11.6 Å². The Morgan fingerprint density at radius 2 is 2.16 bits per heavy atom. The first-order valence-corrected chi connectivity index (χ1v) is 6.93. The van der Waals surface area contributed by atoms with Gasteiger partial charge in [0.1, 0.15) is 16.5 Å². The van der Waals surface area contributed by atoms with Gasteiger partial charge in [0.25, 0.3) is 0 Å². The Bertz CT molecular complexity index is 794. The van der Waals surface area contributed by atoms with Crippen LogP contribution in [0.2, 0.25) is 5.15 Å². The molecule has 0 amide bonds. The molecule has 19 heavy (non-hydrogen) atoms. The molecular weight excluding hydrogens is 295 g/mol. The molecule has 98 valence electrons. The van der Waals surface area contributed by atoms with E-state index in [0.717, 1.165) is 0 Å². The number of pyridine rings is 1. The van der Waals surface area contributed by atoms with Crippen molar-refractivity contribution in [3.63, 3.8) is 0 Å². The number of nitrogens with one attached hydrogen (secondary N) is 1. The third kappa shape index (κ3) is 2.02. The van der Waals surface area contributed by atoms with E-state index in [-0.39, 0.29) is 16.3 Å². The largest absolute Gasteiger partial charge is 0.359 e. The van der Waals surface area contributed by atoms with Crippen LogP contribution in [0.25, 0.3) is 17.2 Å². The molecule has 3 aromatic heterocycles. The van der Waals surface area contributed by atoms with Gasteiger partial charge in [0.2, 0.25) is 5.82 Å². The molecule has 0 saturated heterocycles.